The normalized spacial score (nSPS) is 0. The average molecular weight is 855 g/mol. The van der Waals surface area contributed by atoms with Crippen LogP contribution in [0.3, 0.4) is 0 Å². The fourth-order valence-corrected chi connectivity index (χ4v) is 0. The molecule has 0 amide bonds. The van der Waals surface area contributed by atoms with Gasteiger partial charge in [-0.25, -0.2) is 0 Å². The van der Waals surface area contributed by atoms with Crippen molar-refractivity contribution in [2.75, 3.05) is 0 Å². The number of halogens is 5. The maximum Gasteiger partial charge on any atom is 0 e. The van der Waals surface area contributed by atoms with Crippen LogP contribution in [-0.2, 0) is 44.8 Å². The average Bonchev–Trinajstić information content (AvgIpc) is 0. The van der Waals surface area contributed by atoms with Crippen molar-refractivity contribution in [1.82, 2.24) is 0 Å². The molecule has 0 fully saturated rings. The van der Waals surface area contributed by atoms with Crippen molar-refractivity contribution in [3.63, 3.8) is 0 Å². The number of hydrogen-bond donors (Lipinski definition) is 0. The zero-order valence-electron chi connectivity index (χ0n) is 2.64. The molecule has 0 atom stereocenters. The maximum atomic E-state index is 0. The molecule has 0 aromatic rings. The summed E-state index contributed by atoms with van der Waals surface area (Å²) in [6.07, 6.45) is 0. The van der Waals surface area contributed by atoms with E-state index < -0.39 is 0 Å². The fourth-order valence-electron chi connectivity index (χ4n) is 0. The molecule has 0 saturated carbocycles. The van der Waals surface area contributed by atoms with E-state index in [-0.39, 0.29) is 165 Å². The molecule has 0 aliphatic carbocycles. The minimum atomic E-state index is 0. The summed E-state index contributed by atoms with van der Waals surface area (Å²) in [5.41, 5.74) is 0. The molecular weight excluding hydrogens is 850 g/mol. The van der Waals surface area contributed by atoms with Crippen molar-refractivity contribution >= 4 is 120 Å². The SMILES string of the molecule is I.I.I.I.I.[Ag].[Ag]. The Morgan fingerprint density at radius 1 is 0.286 bits per heavy atom. The summed E-state index contributed by atoms with van der Waals surface area (Å²) in [6, 6.07) is 0. The smallest absolute Gasteiger partial charge is 0 e. The third-order valence-electron chi connectivity index (χ3n) is 0. The van der Waals surface area contributed by atoms with Gasteiger partial charge in [0.1, 0.15) is 0 Å². The molecule has 0 heterocycles. The molecule has 0 aliphatic heterocycles. The molecule has 2 radical (unpaired) electrons. The Morgan fingerprint density at radius 3 is 0.286 bits per heavy atom. The summed E-state index contributed by atoms with van der Waals surface area (Å²) in [4.78, 5) is 0. The minimum Gasteiger partial charge on any atom is -0.107 e. The van der Waals surface area contributed by atoms with Gasteiger partial charge in [0.2, 0.25) is 0 Å². The number of hydrogen-bond acceptors (Lipinski definition) is 0. The molecule has 0 spiro atoms. The Morgan fingerprint density at radius 2 is 0.286 bits per heavy atom. The van der Waals surface area contributed by atoms with E-state index in [0.717, 1.165) is 0 Å². The molecule has 0 aromatic heterocycles. The van der Waals surface area contributed by atoms with E-state index in [1.807, 2.05) is 0 Å². The third kappa shape index (κ3) is 35.3. The van der Waals surface area contributed by atoms with Crippen molar-refractivity contribution in [3.05, 3.63) is 0 Å². The van der Waals surface area contributed by atoms with Gasteiger partial charge < -0.3 is 0 Å². The minimum absolute atomic E-state index is 0. The van der Waals surface area contributed by atoms with Crippen LogP contribution in [0.4, 0.5) is 0 Å². The summed E-state index contributed by atoms with van der Waals surface area (Å²) in [5, 5.41) is 0. The molecule has 7 heavy (non-hydrogen) atoms. The van der Waals surface area contributed by atoms with Gasteiger partial charge in [0.25, 0.3) is 0 Å². The van der Waals surface area contributed by atoms with E-state index in [4.69, 9.17) is 0 Å². The molecule has 0 rings (SSSR count). The molecule has 62 valence electrons. The first kappa shape index (κ1) is 57.1. The summed E-state index contributed by atoms with van der Waals surface area (Å²) >= 11 is 0. The van der Waals surface area contributed by atoms with Crippen LogP contribution in [0.1, 0.15) is 0 Å². The van der Waals surface area contributed by atoms with Gasteiger partial charge in [-0.15, -0.1) is 120 Å². The van der Waals surface area contributed by atoms with Crippen LogP contribution < -0.4 is 0 Å². The van der Waals surface area contributed by atoms with Gasteiger partial charge in [0, 0.05) is 44.8 Å². The van der Waals surface area contributed by atoms with Crippen LogP contribution in [-0.4, -0.2) is 0 Å². The monoisotopic (exact) mass is 853 g/mol. The molecule has 7 heteroatoms. The van der Waals surface area contributed by atoms with Crippen LogP contribution >= 0.6 is 120 Å². The topological polar surface area (TPSA) is 0 Å². The second-order valence-electron chi connectivity index (χ2n) is 0. The van der Waals surface area contributed by atoms with Gasteiger partial charge in [-0.1, -0.05) is 0 Å². The van der Waals surface area contributed by atoms with Gasteiger partial charge in [0.15, 0.2) is 0 Å². The Labute approximate surface area is 160 Å². The maximum absolute atomic E-state index is 0. The van der Waals surface area contributed by atoms with Crippen molar-refractivity contribution in [2.24, 2.45) is 0 Å². The predicted molar refractivity (Wildman–Crippen MR) is 77.1 cm³/mol. The van der Waals surface area contributed by atoms with Crippen molar-refractivity contribution in [1.29, 1.82) is 0 Å². The van der Waals surface area contributed by atoms with Crippen LogP contribution in [0.2, 0.25) is 0 Å². The summed E-state index contributed by atoms with van der Waals surface area (Å²) in [6.45, 7) is 0. The van der Waals surface area contributed by atoms with Gasteiger partial charge in [-0.3, -0.25) is 0 Å². The molecule has 0 aliphatic rings. The fraction of sp³-hybridized carbons (Fsp3) is 0. The first-order chi connectivity index (χ1) is 0. The number of rotatable bonds is 0. The molecule has 0 saturated heterocycles. The van der Waals surface area contributed by atoms with Crippen molar-refractivity contribution in [2.45, 2.75) is 0 Å². The quantitative estimate of drug-likeness (QED) is 0.260. The van der Waals surface area contributed by atoms with E-state index >= 15 is 0 Å². The Hall–Kier alpha value is 5.13. The molecule has 0 N–H and O–H groups in total. The Balaban J connectivity index is 0. The van der Waals surface area contributed by atoms with E-state index in [1.54, 1.807) is 0 Å². The first-order valence-corrected chi connectivity index (χ1v) is 0. The van der Waals surface area contributed by atoms with Gasteiger partial charge in [0.05, 0.1) is 0 Å². The van der Waals surface area contributed by atoms with E-state index in [1.165, 1.54) is 0 Å². The van der Waals surface area contributed by atoms with E-state index in [2.05, 4.69) is 0 Å². The van der Waals surface area contributed by atoms with E-state index in [0.29, 0.717) is 0 Å². The standard InChI is InChI=1S/2Ag.5HI/h;;5*1H. The van der Waals surface area contributed by atoms with E-state index in [9.17, 15) is 0 Å². The summed E-state index contributed by atoms with van der Waals surface area (Å²) in [5.74, 6) is 0. The predicted octanol–water partition coefficient (Wildman–Crippen LogP) is 3.08. The van der Waals surface area contributed by atoms with Crippen molar-refractivity contribution < 1.29 is 44.8 Å². The third-order valence-corrected chi connectivity index (χ3v) is 0. The van der Waals surface area contributed by atoms with Crippen molar-refractivity contribution in [3.8, 4) is 0 Å². The molecule has 0 nitrogen and oxygen atoms in total. The van der Waals surface area contributed by atoms with Gasteiger partial charge >= 0.3 is 0 Å². The Bertz CT molecular complexity index is 6.04. The largest absolute Gasteiger partial charge is 0.107 e. The molecular formula is H5Ag2I5. The summed E-state index contributed by atoms with van der Waals surface area (Å²) < 4.78 is 0. The zero-order chi connectivity index (χ0) is 0. The molecule has 0 bridgehead atoms. The van der Waals surface area contributed by atoms with Crippen LogP contribution in [0, 0.1) is 0 Å². The second-order valence-corrected chi connectivity index (χ2v) is 0. The van der Waals surface area contributed by atoms with Crippen LogP contribution in [0.15, 0.2) is 0 Å². The second kappa shape index (κ2) is 43.4. The summed E-state index contributed by atoms with van der Waals surface area (Å²) in [7, 11) is 0. The Kier molecular flexibility index (Phi) is 354. The molecule has 0 unspecified atom stereocenters. The van der Waals surface area contributed by atoms with Crippen LogP contribution in [0.5, 0.6) is 0 Å². The van der Waals surface area contributed by atoms with Crippen LogP contribution in [0.25, 0.3) is 0 Å². The first-order valence-electron chi connectivity index (χ1n) is 0. The molecule has 0 aromatic carbocycles. The zero-order valence-corrected chi connectivity index (χ0v) is 17.3. The van der Waals surface area contributed by atoms with Gasteiger partial charge in [-0.05, 0) is 0 Å². The van der Waals surface area contributed by atoms with Gasteiger partial charge in [-0.2, -0.15) is 0 Å².